The fourth-order valence-corrected chi connectivity index (χ4v) is 6.84. The van der Waals surface area contributed by atoms with Crippen molar-refractivity contribution in [3.63, 3.8) is 0 Å². The van der Waals surface area contributed by atoms with Gasteiger partial charge in [0.1, 0.15) is 23.7 Å². The molecule has 2 atom stereocenters. The highest BCUT2D eigenvalue weighted by molar-refractivity contribution is 5.89. The zero-order valence-corrected chi connectivity index (χ0v) is 29.0. The van der Waals surface area contributed by atoms with Crippen LogP contribution in [0, 0.1) is 6.92 Å². The smallest absolute Gasteiger partial charge is 0.337 e. The van der Waals surface area contributed by atoms with Gasteiger partial charge in [-0.1, -0.05) is 110 Å². The zero-order chi connectivity index (χ0) is 34.4. The van der Waals surface area contributed by atoms with Gasteiger partial charge in [0.15, 0.2) is 0 Å². The van der Waals surface area contributed by atoms with Crippen LogP contribution in [0.3, 0.4) is 0 Å². The second kappa shape index (κ2) is 14.6. The van der Waals surface area contributed by atoms with Crippen LogP contribution >= 0.6 is 0 Å². The molecule has 0 spiro atoms. The first-order valence-electron chi connectivity index (χ1n) is 16.8. The van der Waals surface area contributed by atoms with Crippen molar-refractivity contribution in [1.82, 2.24) is 0 Å². The number of carbonyl (C=O) groups excluding carboxylic acids is 1. The summed E-state index contributed by atoms with van der Waals surface area (Å²) in [7, 11) is 3.10. The number of benzene rings is 5. The molecule has 0 saturated carbocycles. The third kappa shape index (κ3) is 6.77. The number of aryl methyl sites for hydroxylation is 2. The van der Waals surface area contributed by atoms with Crippen LogP contribution in [0.15, 0.2) is 133 Å². The molecule has 0 saturated heterocycles. The van der Waals surface area contributed by atoms with Gasteiger partial charge in [-0.2, -0.15) is 0 Å². The molecule has 6 rings (SSSR count). The summed E-state index contributed by atoms with van der Waals surface area (Å²) in [5.74, 6) is 1.27. The molecule has 0 radical (unpaired) electrons. The van der Waals surface area contributed by atoms with E-state index in [2.05, 4.69) is 106 Å². The highest BCUT2D eigenvalue weighted by Gasteiger charge is 2.39. The number of esters is 1. The fraction of sp³-hybridized carbons (Fsp3) is 0.250. The molecule has 0 heterocycles. The molecule has 0 amide bonds. The van der Waals surface area contributed by atoms with E-state index in [9.17, 15) is 4.79 Å². The van der Waals surface area contributed by atoms with Crippen LogP contribution in [0.5, 0.6) is 11.5 Å². The minimum Gasteiger partial charge on any atom is -0.497 e. The molecule has 1 aliphatic carbocycles. The maximum Gasteiger partial charge on any atom is 0.337 e. The third-order valence-corrected chi connectivity index (χ3v) is 9.85. The lowest BCUT2D eigenvalue weighted by atomic mass is 9.64. The third-order valence-electron chi connectivity index (χ3n) is 9.85. The van der Waals surface area contributed by atoms with Gasteiger partial charge in [0, 0.05) is 5.41 Å². The molecular formula is C44H44O5. The van der Waals surface area contributed by atoms with E-state index in [4.69, 9.17) is 18.9 Å². The highest BCUT2D eigenvalue weighted by Crippen LogP contribution is 2.46. The lowest BCUT2D eigenvalue weighted by Crippen LogP contribution is -2.35. The summed E-state index contributed by atoms with van der Waals surface area (Å²) in [5, 5.41) is 0. The molecule has 0 fully saturated rings. The van der Waals surface area contributed by atoms with Gasteiger partial charge in [-0.3, -0.25) is 0 Å². The van der Waals surface area contributed by atoms with Crippen molar-refractivity contribution in [3.8, 4) is 11.5 Å². The van der Waals surface area contributed by atoms with Crippen LogP contribution in [0.2, 0.25) is 0 Å². The summed E-state index contributed by atoms with van der Waals surface area (Å²) in [6, 6.07) is 41.2. The van der Waals surface area contributed by atoms with Crippen molar-refractivity contribution in [2.45, 2.75) is 51.2 Å². The number of hydrogen-bond donors (Lipinski definition) is 0. The summed E-state index contributed by atoms with van der Waals surface area (Å²) in [5.41, 5.74) is 8.48. The summed E-state index contributed by atoms with van der Waals surface area (Å²) >= 11 is 0. The van der Waals surface area contributed by atoms with Crippen LogP contribution < -0.4 is 9.47 Å². The van der Waals surface area contributed by atoms with E-state index in [0.717, 1.165) is 52.2 Å². The van der Waals surface area contributed by atoms with Crippen molar-refractivity contribution in [3.05, 3.63) is 177 Å². The van der Waals surface area contributed by atoms with Crippen molar-refractivity contribution in [1.29, 1.82) is 0 Å². The Labute approximate surface area is 290 Å². The average molecular weight is 653 g/mol. The Morgan fingerprint density at radius 2 is 1.45 bits per heavy atom. The fourth-order valence-electron chi connectivity index (χ4n) is 6.84. The molecule has 2 unspecified atom stereocenters. The Morgan fingerprint density at radius 3 is 2.08 bits per heavy atom. The summed E-state index contributed by atoms with van der Waals surface area (Å²) in [4.78, 5) is 12.2. The molecule has 5 heteroatoms. The van der Waals surface area contributed by atoms with Crippen LogP contribution in [0.1, 0.15) is 69.6 Å². The van der Waals surface area contributed by atoms with Gasteiger partial charge >= 0.3 is 5.97 Å². The van der Waals surface area contributed by atoms with Crippen molar-refractivity contribution in [2.24, 2.45) is 0 Å². The van der Waals surface area contributed by atoms with Crippen molar-refractivity contribution in [2.75, 3.05) is 20.8 Å². The quantitative estimate of drug-likeness (QED) is 0.0721. The monoisotopic (exact) mass is 652 g/mol. The van der Waals surface area contributed by atoms with E-state index < -0.39 is 5.60 Å². The van der Waals surface area contributed by atoms with Crippen LogP contribution in [0.4, 0.5) is 0 Å². The maximum atomic E-state index is 12.2. The van der Waals surface area contributed by atoms with E-state index in [1.807, 2.05) is 42.5 Å². The molecule has 49 heavy (non-hydrogen) atoms. The molecule has 5 nitrogen and oxygen atoms in total. The molecule has 0 aliphatic heterocycles. The van der Waals surface area contributed by atoms with Gasteiger partial charge in [0.05, 0.1) is 26.4 Å². The van der Waals surface area contributed by atoms with Crippen molar-refractivity contribution < 1.29 is 23.7 Å². The van der Waals surface area contributed by atoms with Gasteiger partial charge in [-0.25, -0.2) is 4.79 Å². The Balaban J connectivity index is 1.25. The van der Waals surface area contributed by atoms with Gasteiger partial charge in [0.2, 0.25) is 0 Å². The molecule has 250 valence electrons. The minimum absolute atomic E-state index is 0.150. The van der Waals surface area contributed by atoms with E-state index in [-0.39, 0.29) is 11.4 Å². The molecular weight excluding hydrogens is 608 g/mol. The zero-order valence-electron chi connectivity index (χ0n) is 29.0. The van der Waals surface area contributed by atoms with Gasteiger partial charge in [0.25, 0.3) is 0 Å². The number of ether oxygens (including phenoxy) is 4. The first-order valence-corrected chi connectivity index (χ1v) is 16.8. The standard InChI is InChI=1S/C44H44O5/c1-6-33-28-34(42(45)47-5)17-24-41(33)43(3)26-25-38(43)30-48-40-14-10-11-32(27-40)29-49-44(35-12-8-7-9-13-35,36-18-15-31(2)16-19-36)37-20-22-39(46-4)23-21-37/h7-25,27-28H,6,26,29-30H2,1-5H3. The molecule has 5 aromatic rings. The molecule has 1 aliphatic rings. The second-order valence-electron chi connectivity index (χ2n) is 12.8. The SMILES string of the molecule is CCc1cc(C(=O)OC)ccc1C1(C)CC=C1COc1cccc(COC(c2ccccc2)(c2ccc(C)cc2)c2ccc(OC)cc2)c1. The number of hydrogen-bond acceptors (Lipinski definition) is 5. The molecule has 0 N–H and O–H groups in total. The lowest BCUT2D eigenvalue weighted by molar-refractivity contribution is 0.000132. The van der Waals surface area contributed by atoms with Crippen molar-refractivity contribution >= 4 is 5.97 Å². The first-order chi connectivity index (χ1) is 23.8. The Morgan fingerprint density at radius 1 is 0.755 bits per heavy atom. The summed E-state index contributed by atoms with van der Waals surface area (Å²) in [6.45, 7) is 7.31. The van der Waals surface area contributed by atoms with Gasteiger partial charge < -0.3 is 18.9 Å². The maximum absolute atomic E-state index is 12.2. The van der Waals surface area contributed by atoms with Gasteiger partial charge in [-0.05, 0) is 95.1 Å². The first kappa shape index (κ1) is 33.8. The minimum atomic E-state index is -0.864. The Hall–Kier alpha value is -5.13. The molecule has 5 aromatic carbocycles. The normalized spacial score (nSPS) is 16.6. The predicted octanol–water partition coefficient (Wildman–Crippen LogP) is 9.53. The highest BCUT2D eigenvalue weighted by atomic mass is 16.5. The second-order valence-corrected chi connectivity index (χ2v) is 12.8. The van der Waals surface area contributed by atoms with E-state index >= 15 is 0 Å². The Bertz CT molecular complexity index is 1930. The van der Waals surface area contributed by atoms with Crippen LogP contribution in [-0.4, -0.2) is 26.8 Å². The molecule has 0 bridgehead atoms. The topological polar surface area (TPSA) is 54.0 Å². The number of allylic oxidation sites excluding steroid dienone is 1. The van der Waals surface area contributed by atoms with Crippen LogP contribution in [0.25, 0.3) is 0 Å². The largest absolute Gasteiger partial charge is 0.497 e. The van der Waals surface area contributed by atoms with E-state index in [1.165, 1.54) is 23.8 Å². The predicted molar refractivity (Wildman–Crippen MR) is 194 cm³/mol. The van der Waals surface area contributed by atoms with Gasteiger partial charge in [-0.15, -0.1) is 0 Å². The summed E-state index contributed by atoms with van der Waals surface area (Å²) in [6.07, 6.45) is 4.01. The van der Waals surface area contributed by atoms with Crippen LogP contribution in [-0.2, 0) is 33.5 Å². The number of methoxy groups -OCH3 is 2. The number of carbonyl (C=O) groups is 1. The molecule has 0 aromatic heterocycles. The lowest BCUT2D eigenvalue weighted by Gasteiger charge is -2.41. The summed E-state index contributed by atoms with van der Waals surface area (Å²) < 4.78 is 24.0. The Kier molecular flexibility index (Phi) is 10.0. The average Bonchev–Trinajstić information content (AvgIpc) is 3.15. The number of rotatable bonds is 13. The van der Waals surface area contributed by atoms with E-state index in [0.29, 0.717) is 18.8 Å². The van der Waals surface area contributed by atoms with E-state index in [1.54, 1.807) is 7.11 Å².